The highest BCUT2D eigenvalue weighted by atomic mass is 16.5. The smallest absolute Gasteiger partial charge is 0.329 e. The molecule has 2 unspecified atom stereocenters. The van der Waals surface area contributed by atoms with Crippen molar-refractivity contribution >= 4 is 15.0 Å². The first-order chi connectivity index (χ1) is 22.4. The molecular weight excluding hydrogens is 554 g/mol. The number of hydrogen-bond acceptors (Lipinski definition) is 5. The van der Waals surface area contributed by atoms with Crippen molar-refractivity contribution in [2.75, 3.05) is 39.4 Å². The van der Waals surface area contributed by atoms with Gasteiger partial charge >= 0.3 is 15.0 Å². The summed E-state index contributed by atoms with van der Waals surface area (Å²) in [5.74, 6) is 0. The molecule has 2 radical (unpaired) electrons. The molecule has 2 atom stereocenters. The van der Waals surface area contributed by atoms with Gasteiger partial charge in [-0.2, -0.15) is 0 Å². The van der Waals surface area contributed by atoms with Gasteiger partial charge in [0.25, 0.3) is 0 Å². The average molecular weight is 602 g/mol. The molecule has 0 bridgehead atoms. The zero-order valence-corrected chi connectivity index (χ0v) is 26.6. The largest absolute Gasteiger partial charge is 0.436 e. The summed E-state index contributed by atoms with van der Waals surface area (Å²) in [6.07, 6.45) is 6.89. The molecule has 234 valence electrons. The third-order valence-corrected chi connectivity index (χ3v) is 7.61. The average Bonchev–Trinajstić information content (AvgIpc) is 3.10. The molecule has 4 rings (SSSR count). The Balaban J connectivity index is 1.15. The van der Waals surface area contributed by atoms with Gasteiger partial charge in [-0.15, -0.1) is 0 Å². The number of unbranched alkanes of at least 4 members (excludes halogenated alkanes) is 2. The number of benzene rings is 4. The van der Waals surface area contributed by atoms with Crippen LogP contribution < -0.4 is 10.6 Å². The summed E-state index contributed by atoms with van der Waals surface area (Å²) in [6.45, 7) is 4.72. The van der Waals surface area contributed by atoms with Crippen molar-refractivity contribution in [1.82, 2.24) is 10.6 Å². The van der Waals surface area contributed by atoms with E-state index >= 15 is 0 Å². The molecule has 0 spiro atoms. The minimum absolute atomic E-state index is 0.343. The van der Waals surface area contributed by atoms with Crippen LogP contribution in [0.15, 0.2) is 121 Å². The lowest BCUT2D eigenvalue weighted by atomic mass is 9.80. The van der Waals surface area contributed by atoms with E-state index in [0.29, 0.717) is 13.2 Å². The van der Waals surface area contributed by atoms with Crippen molar-refractivity contribution in [3.05, 3.63) is 144 Å². The Morgan fingerprint density at radius 3 is 1.22 bits per heavy atom. The summed E-state index contributed by atoms with van der Waals surface area (Å²) in [4.78, 5) is 0. The van der Waals surface area contributed by atoms with Crippen LogP contribution in [0, 0.1) is 0 Å². The van der Waals surface area contributed by atoms with Crippen LogP contribution in [0.25, 0.3) is 0 Å². The van der Waals surface area contributed by atoms with Crippen molar-refractivity contribution in [1.29, 1.82) is 0 Å². The molecule has 0 amide bonds. The maximum absolute atomic E-state index is 6.62. The third-order valence-electron chi connectivity index (χ3n) is 7.61. The summed E-state index contributed by atoms with van der Waals surface area (Å²) >= 11 is 0. The van der Waals surface area contributed by atoms with Gasteiger partial charge in [-0.25, -0.2) is 0 Å². The van der Waals surface area contributed by atoms with Crippen LogP contribution in [0.2, 0.25) is 0 Å². The van der Waals surface area contributed by atoms with Gasteiger partial charge < -0.3 is 24.7 Å². The molecule has 4 aromatic rings. The Morgan fingerprint density at radius 1 is 0.444 bits per heavy atom. The van der Waals surface area contributed by atoms with Crippen LogP contribution in [-0.4, -0.2) is 54.4 Å². The molecule has 2 N–H and O–H groups in total. The molecule has 0 aliphatic heterocycles. The second-order valence-corrected chi connectivity index (χ2v) is 11.2. The molecule has 0 saturated carbocycles. The zero-order valence-electron chi connectivity index (χ0n) is 26.6. The van der Waals surface area contributed by atoms with E-state index in [1.54, 1.807) is 0 Å². The fourth-order valence-electron chi connectivity index (χ4n) is 5.09. The highest BCUT2D eigenvalue weighted by molar-refractivity contribution is 6.31. The second kappa shape index (κ2) is 22.3. The topological polar surface area (TPSA) is 51.8 Å². The van der Waals surface area contributed by atoms with Crippen LogP contribution in [0.1, 0.15) is 59.9 Å². The van der Waals surface area contributed by atoms with E-state index < -0.39 is 0 Å². The monoisotopic (exact) mass is 602 g/mol. The molecular formula is C38H48B2N2O3. The van der Waals surface area contributed by atoms with E-state index in [9.17, 15) is 0 Å². The molecule has 7 heteroatoms. The first-order valence-electron chi connectivity index (χ1n) is 16.5. The lowest BCUT2D eigenvalue weighted by Gasteiger charge is -2.24. The SMILES string of the molecule is [B](OCCNCCCCc1ccccc1)C(OC([B]OCCNCCCCc1ccccc1)c1ccccc1)c1ccccc1. The third kappa shape index (κ3) is 14.6. The molecule has 5 nitrogen and oxygen atoms in total. The van der Waals surface area contributed by atoms with Gasteiger partial charge in [0.05, 0.1) is 12.0 Å². The van der Waals surface area contributed by atoms with E-state index in [4.69, 9.17) is 14.0 Å². The predicted molar refractivity (Wildman–Crippen MR) is 187 cm³/mol. The summed E-state index contributed by atoms with van der Waals surface area (Å²) in [6, 6.07) is 41.1. The van der Waals surface area contributed by atoms with Gasteiger partial charge in [-0.05, 0) is 73.9 Å². The van der Waals surface area contributed by atoms with Gasteiger partial charge in [-0.3, -0.25) is 0 Å². The molecule has 0 heterocycles. The van der Waals surface area contributed by atoms with Crippen LogP contribution >= 0.6 is 0 Å². The minimum atomic E-state index is -0.343. The molecule has 4 aromatic carbocycles. The summed E-state index contributed by atoms with van der Waals surface area (Å²) in [5.41, 5.74) is 4.89. The van der Waals surface area contributed by atoms with Gasteiger partial charge in [0.2, 0.25) is 0 Å². The van der Waals surface area contributed by atoms with Gasteiger partial charge in [0.15, 0.2) is 0 Å². The van der Waals surface area contributed by atoms with E-state index in [-0.39, 0.29) is 12.0 Å². The van der Waals surface area contributed by atoms with Crippen molar-refractivity contribution in [3.63, 3.8) is 0 Å². The highest BCUT2D eigenvalue weighted by Gasteiger charge is 2.23. The highest BCUT2D eigenvalue weighted by Crippen LogP contribution is 2.26. The Kier molecular flexibility index (Phi) is 17.2. The molecule has 0 fully saturated rings. The first-order valence-corrected chi connectivity index (χ1v) is 16.5. The number of ether oxygens (including phenoxy) is 1. The molecule has 0 aliphatic rings. The van der Waals surface area contributed by atoms with E-state index in [1.165, 1.54) is 24.0 Å². The normalized spacial score (nSPS) is 12.4. The van der Waals surface area contributed by atoms with Crippen LogP contribution in [-0.2, 0) is 26.9 Å². The Labute approximate surface area is 272 Å². The molecule has 0 saturated heterocycles. The Morgan fingerprint density at radius 2 is 0.822 bits per heavy atom. The predicted octanol–water partition coefficient (Wildman–Crippen LogP) is 6.90. The first kappa shape index (κ1) is 34.7. The standard InChI is InChI=1S/C38H48B2N2O3/c1-5-17-33(18-6-1)21-13-15-27-41-29-31-43-39-37(35-23-9-3-10-24-35)45-38(36-25-11-4-12-26-36)40-44-32-30-42-28-16-14-22-34-19-7-2-8-20-34/h1-12,17-20,23-26,37-38,41-42H,13-16,21-22,27-32H2. The number of nitrogens with one attached hydrogen (secondary N) is 2. The Hall–Kier alpha value is -3.19. The second-order valence-electron chi connectivity index (χ2n) is 11.2. The summed E-state index contributed by atoms with van der Waals surface area (Å²) < 4.78 is 18.6. The quantitative estimate of drug-likeness (QED) is 0.0676. The maximum Gasteiger partial charge on any atom is 0.329 e. The number of aryl methyl sites for hydroxylation is 2. The van der Waals surface area contributed by atoms with Crippen molar-refractivity contribution in [3.8, 4) is 0 Å². The van der Waals surface area contributed by atoms with Crippen LogP contribution in [0.3, 0.4) is 0 Å². The van der Waals surface area contributed by atoms with Crippen LogP contribution in [0.4, 0.5) is 0 Å². The van der Waals surface area contributed by atoms with Gasteiger partial charge in [-0.1, -0.05) is 121 Å². The fourth-order valence-corrected chi connectivity index (χ4v) is 5.09. The van der Waals surface area contributed by atoms with Crippen molar-refractivity contribution in [2.24, 2.45) is 0 Å². The van der Waals surface area contributed by atoms with Crippen LogP contribution in [0.5, 0.6) is 0 Å². The van der Waals surface area contributed by atoms with Crippen molar-refractivity contribution < 1.29 is 14.0 Å². The summed E-state index contributed by atoms with van der Waals surface area (Å²) in [7, 11) is 3.63. The number of hydrogen-bond donors (Lipinski definition) is 2. The molecule has 0 aromatic heterocycles. The summed E-state index contributed by atoms with van der Waals surface area (Å²) in [5, 5.41) is 6.99. The molecule has 45 heavy (non-hydrogen) atoms. The van der Waals surface area contributed by atoms with Gasteiger partial charge in [0, 0.05) is 26.3 Å². The lowest BCUT2D eigenvalue weighted by molar-refractivity contribution is 0.0564. The fraction of sp³-hybridized carbons (Fsp3) is 0.368. The maximum atomic E-state index is 6.62. The van der Waals surface area contributed by atoms with Crippen molar-refractivity contribution in [2.45, 2.75) is 50.5 Å². The van der Waals surface area contributed by atoms with E-state index in [2.05, 4.69) is 95.6 Å². The minimum Gasteiger partial charge on any atom is -0.436 e. The van der Waals surface area contributed by atoms with E-state index in [0.717, 1.165) is 63.0 Å². The van der Waals surface area contributed by atoms with Gasteiger partial charge in [0.1, 0.15) is 0 Å². The number of rotatable bonds is 24. The molecule has 0 aliphatic carbocycles. The van der Waals surface area contributed by atoms with E-state index in [1.807, 2.05) is 51.4 Å². The zero-order chi connectivity index (χ0) is 31.0. The lowest BCUT2D eigenvalue weighted by Crippen LogP contribution is -2.27. The Bertz CT molecular complexity index is 1150.